The smallest absolute Gasteiger partial charge is 0.298 e. The van der Waals surface area contributed by atoms with Gasteiger partial charge in [-0.2, -0.15) is 10.1 Å². The van der Waals surface area contributed by atoms with Gasteiger partial charge >= 0.3 is 0 Å². The van der Waals surface area contributed by atoms with Crippen LogP contribution in [0.25, 0.3) is 21.8 Å². The van der Waals surface area contributed by atoms with Gasteiger partial charge in [0.05, 0.1) is 11.4 Å². The summed E-state index contributed by atoms with van der Waals surface area (Å²) in [6, 6.07) is 6.44. The summed E-state index contributed by atoms with van der Waals surface area (Å²) in [7, 11) is 2.13. The molecule has 2 N–H and O–H groups in total. The molecule has 0 radical (unpaired) electrons. The zero-order valence-electron chi connectivity index (χ0n) is 19.7. The number of piperazine rings is 1. The van der Waals surface area contributed by atoms with E-state index >= 15 is 0 Å². The largest absolute Gasteiger partial charge is 0.423 e. The second-order valence-corrected chi connectivity index (χ2v) is 9.98. The molecule has 4 aromatic rings. The fraction of sp³-hybridized carbons (Fsp3) is 0.417. The number of hydrogen-bond donors (Lipinski definition) is 2. The van der Waals surface area contributed by atoms with Crippen LogP contribution >= 0.6 is 11.3 Å². The zero-order valence-corrected chi connectivity index (χ0v) is 20.5. The third-order valence-electron chi connectivity index (χ3n) is 6.67. The average Bonchev–Trinajstić information content (AvgIpc) is 3.65. The Hall–Kier alpha value is -3.44. The van der Waals surface area contributed by atoms with Crippen molar-refractivity contribution in [2.75, 3.05) is 61.4 Å². The van der Waals surface area contributed by atoms with Crippen LogP contribution in [0.15, 0.2) is 34.2 Å². The lowest BCUT2D eigenvalue weighted by molar-refractivity contribution is 0.102. The molecule has 3 aromatic heterocycles. The Bertz CT molecular complexity index is 1320. The Morgan fingerprint density at radius 2 is 1.89 bits per heavy atom. The number of oxazole rings is 1. The fourth-order valence-electron chi connectivity index (χ4n) is 4.64. The van der Waals surface area contributed by atoms with Crippen LogP contribution in [0, 0.1) is 0 Å². The van der Waals surface area contributed by atoms with Crippen molar-refractivity contribution < 1.29 is 9.21 Å². The number of H-pyrrole nitrogens is 1. The van der Waals surface area contributed by atoms with Crippen molar-refractivity contribution in [3.63, 3.8) is 0 Å². The van der Waals surface area contributed by atoms with Crippen LogP contribution in [0.3, 0.4) is 0 Å². The first-order valence-corrected chi connectivity index (χ1v) is 12.9. The average molecular weight is 493 g/mol. The number of nitrogens with zero attached hydrogens (tertiary/aromatic N) is 6. The molecule has 5 heterocycles. The Kier molecular flexibility index (Phi) is 5.86. The third kappa shape index (κ3) is 4.48. The number of benzene rings is 1. The lowest BCUT2D eigenvalue weighted by atomic mass is 10.1. The molecule has 0 spiro atoms. The fourth-order valence-corrected chi connectivity index (χ4v) is 5.41. The Morgan fingerprint density at radius 3 is 2.66 bits per heavy atom. The van der Waals surface area contributed by atoms with Crippen LogP contribution < -0.4 is 15.1 Å². The summed E-state index contributed by atoms with van der Waals surface area (Å²) in [4.78, 5) is 29.3. The van der Waals surface area contributed by atoms with E-state index in [9.17, 15) is 4.79 Å². The highest BCUT2D eigenvalue weighted by Crippen LogP contribution is 2.35. The number of carbonyl (C=O) groups excluding carboxylic acids is 1. The van der Waals surface area contributed by atoms with Gasteiger partial charge in [0, 0.05) is 56.9 Å². The van der Waals surface area contributed by atoms with Crippen molar-refractivity contribution in [3.8, 4) is 10.7 Å². The van der Waals surface area contributed by atoms with Gasteiger partial charge in [-0.15, -0.1) is 11.3 Å². The number of thiazole rings is 1. The second-order valence-electron chi connectivity index (χ2n) is 9.12. The standard InChI is InChI=1S/C24H28N8O2S/c1-30-9-11-32(12-10-30)24-28-18-13-20(31-7-3-2-4-8-31)17(14-21(18)34-24)26-22(33)19-15-35-23(27-19)16-5-6-25-29-16/h5-6,13-15H,2-4,7-12H2,1H3,(H,25,29)(H,26,33). The first-order valence-electron chi connectivity index (χ1n) is 12.0. The van der Waals surface area contributed by atoms with E-state index in [2.05, 4.69) is 48.3 Å². The van der Waals surface area contributed by atoms with Gasteiger partial charge in [-0.1, -0.05) is 0 Å². The van der Waals surface area contributed by atoms with Gasteiger partial charge in [0.15, 0.2) is 5.58 Å². The monoisotopic (exact) mass is 492 g/mol. The second kappa shape index (κ2) is 9.31. The lowest BCUT2D eigenvalue weighted by Crippen LogP contribution is -2.44. The van der Waals surface area contributed by atoms with Gasteiger partial charge in [0.2, 0.25) is 0 Å². The van der Waals surface area contributed by atoms with E-state index in [4.69, 9.17) is 9.40 Å². The van der Waals surface area contributed by atoms with E-state index in [0.29, 0.717) is 22.3 Å². The van der Waals surface area contributed by atoms with E-state index in [1.54, 1.807) is 11.6 Å². The summed E-state index contributed by atoms with van der Waals surface area (Å²) >= 11 is 1.40. The molecule has 6 rings (SSSR count). The van der Waals surface area contributed by atoms with E-state index in [1.165, 1.54) is 17.8 Å². The van der Waals surface area contributed by atoms with Crippen molar-refractivity contribution in [2.45, 2.75) is 19.3 Å². The summed E-state index contributed by atoms with van der Waals surface area (Å²) in [5.41, 5.74) is 4.28. The molecule has 1 aromatic carbocycles. The number of fused-ring (bicyclic) bond motifs is 1. The molecule has 0 unspecified atom stereocenters. The van der Waals surface area contributed by atoms with Crippen LogP contribution in [0.4, 0.5) is 17.4 Å². The Labute approximate surface area is 206 Å². The number of piperidine rings is 1. The lowest BCUT2D eigenvalue weighted by Gasteiger charge is -2.31. The Balaban J connectivity index is 1.31. The minimum atomic E-state index is -0.251. The molecular weight excluding hydrogens is 464 g/mol. The molecule has 1 amide bonds. The maximum Gasteiger partial charge on any atom is 0.298 e. The molecule has 10 nitrogen and oxygen atoms in total. The molecular formula is C24H28N8O2S. The highest BCUT2D eigenvalue weighted by atomic mass is 32.1. The zero-order chi connectivity index (χ0) is 23.8. The van der Waals surface area contributed by atoms with Crippen molar-refractivity contribution in [3.05, 3.63) is 35.5 Å². The van der Waals surface area contributed by atoms with Gasteiger partial charge in [-0.05, 0) is 38.4 Å². The Morgan fingerprint density at radius 1 is 1.06 bits per heavy atom. The highest BCUT2D eigenvalue weighted by Gasteiger charge is 2.23. The maximum atomic E-state index is 13.2. The summed E-state index contributed by atoms with van der Waals surface area (Å²) < 4.78 is 6.17. The van der Waals surface area contributed by atoms with Gasteiger partial charge in [0.25, 0.3) is 11.9 Å². The van der Waals surface area contributed by atoms with Crippen LogP contribution in [-0.2, 0) is 0 Å². The van der Waals surface area contributed by atoms with Crippen LogP contribution in [0.1, 0.15) is 29.8 Å². The SMILES string of the molecule is CN1CCN(c2nc3cc(N4CCCCC4)c(NC(=O)c4csc(-c5cc[nH]n5)n4)cc3o2)CC1. The van der Waals surface area contributed by atoms with E-state index in [1.807, 2.05) is 12.1 Å². The number of nitrogens with one attached hydrogen (secondary N) is 2. The summed E-state index contributed by atoms with van der Waals surface area (Å²) in [6.07, 6.45) is 5.24. The van der Waals surface area contributed by atoms with Gasteiger partial charge in [-0.3, -0.25) is 9.89 Å². The number of amides is 1. The quantitative estimate of drug-likeness (QED) is 0.435. The van der Waals surface area contributed by atoms with Crippen LogP contribution in [-0.4, -0.2) is 77.3 Å². The maximum absolute atomic E-state index is 13.2. The van der Waals surface area contributed by atoms with Crippen molar-refractivity contribution in [1.29, 1.82) is 0 Å². The van der Waals surface area contributed by atoms with Gasteiger partial charge in [-0.25, -0.2) is 4.98 Å². The number of aromatic amines is 1. The first-order chi connectivity index (χ1) is 17.1. The normalized spacial score (nSPS) is 17.3. The molecule has 2 saturated heterocycles. The molecule has 2 aliphatic heterocycles. The molecule has 182 valence electrons. The van der Waals surface area contributed by atoms with Crippen molar-refractivity contribution >= 4 is 45.7 Å². The van der Waals surface area contributed by atoms with Crippen molar-refractivity contribution in [1.82, 2.24) is 25.1 Å². The van der Waals surface area contributed by atoms with Gasteiger partial charge in [0.1, 0.15) is 21.9 Å². The summed E-state index contributed by atoms with van der Waals surface area (Å²) in [6.45, 7) is 5.64. The molecule has 0 atom stereocenters. The number of rotatable bonds is 5. The number of carbonyl (C=O) groups is 1. The van der Waals surface area contributed by atoms with Crippen LogP contribution in [0.5, 0.6) is 0 Å². The number of hydrogen-bond acceptors (Lipinski definition) is 9. The minimum absolute atomic E-state index is 0.251. The summed E-state index contributed by atoms with van der Waals surface area (Å²) in [5.74, 6) is -0.251. The van der Waals surface area contributed by atoms with E-state index in [0.717, 1.165) is 74.7 Å². The molecule has 2 aliphatic rings. The number of likely N-dealkylation sites (N-methyl/N-ethyl adjacent to an activating group) is 1. The molecule has 35 heavy (non-hydrogen) atoms. The molecule has 0 aliphatic carbocycles. The van der Waals surface area contributed by atoms with Gasteiger partial charge < -0.3 is 24.4 Å². The molecule has 0 saturated carbocycles. The number of aromatic nitrogens is 4. The number of anilines is 3. The minimum Gasteiger partial charge on any atom is -0.423 e. The summed E-state index contributed by atoms with van der Waals surface area (Å²) in [5, 5.41) is 12.5. The van der Waals surface area contributed by atoms with Crippen LogP contribution in [0.2, 0.25) is 0 Å². The predicted octanol–water partition coefficient (Wildman–Crippen LogP) is 3.67. The topological polar surface area (TPSA) is 106 Å². The molecule has 0 bridgehead atoms. The first kappa shape index (κ1) is 22.1. The molecule has 2 fully saturated rings. The van der Waals surface area contributed by atoms with Crippen molar-refractivity contribution in [2.24, 2.45) is 0 Å². The predicted molar refractivity (Wildman–Crippen MR) is 137 cm³/mol. The third-order valence-corrected chi connectivity index (χ3v) is 7.53. The molecule has 11 heteroatoms. The highest BCUT2D eigenvalue weighted by molar-refractivity contribution is 7.13. The van der Waals surface area contributed by atoms with E-state index < -0.39 is 0 Å². The van der Waals surface area contributed by atoms with E-state index in [-0.39, 0.29) is 5.91 Å².